The Morgan fingerprint density at radius 1 is 1.05 bits per heavy atom. The normalized spacial score (nSPS) is 13.3. The first-order valence-electron chi connectivity index (χ1n) is 12.8. The van der Waals surface area contributed by atoms with Gasteiger partial charge in [0.25, 0.3) is 0 Å². The van der Waals surface area contributed by atoms with Crippen molar-refractivity contribution in [3.05, 3.63) is 94.5 Å². The zero-order valence-corrected chi connectivity index (χ0v) is 22.3. The van der Waals surface area contributed by atoms with E-state index in [-0.39, 0.29) is 24.4 Å². The fraction of sp³-hybridized carbons (Fsp3) is 0.300. The number of hydrogen-bond donors (Lipinski definition) is 1. The van der Waals surface area contributed by atoms with Crippen LogP contribution in [-0.2, 0) is 19.6 Å². The number of hydrogen-bond acceptors (Lipinski definition) is 5. The summed E-state index contributed by atoms with van der Waals surface area (Å²) in [4.78, 5) is 7.10. The number of ether oxygens (including phenoxy) is 2. The maximum atomic E-state index is 13.6. The molecule has 0 spiro atoms. The molecule has 0 bridgehead atoms. The number of aromatic nitrogens is 2. The number of imidazole rings is 1. The monoisotopic (exact) mass is 535 g/mol. The molecule has 0 saturated carbocycles. The molecule has 0 aliphatic carbocycles. The number of nitrogens with zero attached hydrogens (tertiary/aromatic N) is 3. The molecule has 2 heterocycles. The Morgan fingerprint density at radius 3 is 2.61 bits per heavy atom. The van der Waals surface area contributed by atoms with E-state index < -0.39 is 0 Å². The predicted molar refractivity (Wildman–Crippen MR) is 146 cm³/mol. The van der Waals surface area contributed by atoms with Gasteiger partial charge in [0.15, 0.2) is 11.5 Å². The predicted octanol–water partition coefficient (Wildman–Crippen LogP) is 7.34. The molecule has 8 heteroatoms. The van der Waals surface area contributed by atoms with Crippen LogP contribution in [0.25, 0.3) is 11.4 Å². The molecular weight excluding hydrogens is 505 g/mol. The van der Waals surface area contributed by atoms with Crippen LogP contribution in [0.2, 0.25) is 5.02 Å². The molecule has 5 rings (SSSR count). The molecule has 1 aliphatic rings. The molecule has 0 saturated heterocycles. The molecule has 1 atom stereocenters. The van der Waals surface area contributed by atoms with Gasteiger partial charge in [-0.1, -0.05) is 37.1 Å². The third-order valence-electron chi connectivity index (χ3n) is 6.93. The van der Waals surface area contributed by atoms with Gasteiger partial charge in [-0.25, -0.2) is 9.37 Å². The second-order valence-corrected chi connectivity index (χ2v) is 9.97. The highest BCUT2D eigenvalue weighted by atomic mass is 35.5. The molecular formula is C30H31ClFN3O3. The van der Waals surface area contributed by atoms with Crippen molar-refractivity contribution in [2.75, 3.05) is 6.79 Å². The van der Waals surface area contributed by atoms with Crippen molar-refractivity contribution in [2.24, 2.45) is 0 Å². The lowest BCUT2D eigenvalue weighted by atomic mass is 10.1. The van der Waals surface area contributed by atoms with Gasteiger partial charge in [0.2, 0.25) is 6.79 Å². The van der Waals surface area contributed by atoms with E-state index >= 15 is 0 Å². The molecule has 0 fully saturated rings. The molecule has 1 aromatic heterocycles. The highest BCUT2D eigenvalue weighted by Crippen LogP contribution is 2.35. The third-order valence-corrected chi connectivity index (χ3v) is 7.28. The van der Waals surface area contributed by atoms with Crippen LogP contribution in [0.4, 0.5) is 4.39 Å². The summed E-state index contributed by atoms with van der Waals surface area (Å²) >= 11 is 6.53. The summed E-state index contributed by atoms with van der Waals surface area (Å²) < 4.78 is 27.0. The summed E-state index contributed by atoms with van der Waals surface area (Å²) in [6.45, 7) is 6.54. The topological polar surface area (TPSA) is 59.8 Å². The number of halogens is 2. The van der Waals surface area contributed by atoms with Gasteiger partial charge in [0.05, 0.1) is 11.9 Å². The van der Waals surface area contributed by atoms with Gasteiger partial charge in [-0.2, -0.15) is 0 Å². The Balaban J connectivity index is 1.51. The first-order chi connectivity index (χ1) is 18.4. The lowest BCUT2D eigenvalue weighted by Crippen LogP contribution is -2.28. The number of phenolic OH excluding ortho intramolecular Hbond substituents is 1. The first-order valence-corrected chi connectivity index (χ1v) is 13.2. The second-order valence-electron chi connectivity index (χ2n) is 9.56. The highest BCUT2D eigenvalue weighted by Gasteiger charge is 2.24. The van der Waals surface area contributed by atoms with Gasteiger partial charge in [0.1, 0.15) is 17.4 Å². The molecule has 38 heavy (non-hydrogen) atoms. The Kier molecular flexibility index (Phi) is 7.86. The van der Waals surface area contributed by atoms with Crippen LogP contribution >= 0.6 is 11.6 Å². The smallest absolute Gasteiger partial charge is 0.231 e. The van der Waals surface area contributed by atoms with Crippen molar-refractivity contribution in [1.29, 1.82) is 0 Å². The van der Waals surface area contributed by atoms with E-state index in [1.165, 1.54) is 12.1 Å². The zero-order valence-electron chi connectivity index (χ0n) is 21.5. The van der Waals surface area contributed by atoms with Gasteiger partial charge < -0.3 is 19.1 Å². The Labute approximate surface area is 227 Å². The minimum Gasteiger partial charge on any atom is -0.508 e. The van der Waals surface area contributed by atoms with Crippen molar-refractivity contribution in [2.45, 2.75) is 52.4 Å². The molecule has 6 nitrogen and oxygen atoms in total. The molecule has 3 aromatic carbocycles. The number of rotatable bonds is 10. The number of fused-ring (bicyclic) bond motifs is 1. The van der Waals surface area contributed by atoms with E-state index in [1.54, 1.807) is 24.3 Å². The Bertz CT molecular complexity index is 1410. The summed E-state index contributed by atoms with van der Waals surface area (Å²) in [5.74, 6) is 2.18. The van der Waals surface area contributed by atoms with E-state index in [0.29, 0.717) is 18.1 Å². The first kappa shape index (κ1) is 26.1. The fourth-order valence-electron chi connectivity index (χ4n) is 4.78. The highest BCUT2D eigenvalue weighted by molar-refractivity contribution is 6.31. The molecule has 0 amide bonds. The third kappa shape index (κ3) is 5.64. The molecule has 4 aromatic rings. The van der Waals surface area contributed by atoms with Crippen LogP contribution in [0.1, 0.15) is 49.6 Å². The SMILES string of the molecule is CCCCn1c(C(C)N(Cc2ccc3c(c2)OCO3)Cc2ccc(O)cc2Cl)cnc1-c1ccc(F)cc1. The summed E-state index contributed by atoms with van der Waals surface area (Å²) in [6, 6.07) is 17.5. The number of phenols is 1. The van der Waals surface area contributed by atoms with Crippen molar-refractivity contribution in [3.8, 4) is 28.6 Å². The van der Waals surface area contributed by atoms with Crippen LogP contribution in [-0.4, -0.2) is 26.4 Å². The zero-order chi connectivity index (χ0) is 26.6. The van der Waals surface area contributed by atoms with E-state index in [0.717, 1.165) is 59.1 Å². The average molecular weight is 536 g/mol. The molecule has 1 aliphatic heterocycles. The maximum absolute atomic E-state index is 13.6. The van der Waals surface area contributed by atoms with E-state index in [1.807, 2.05) is 30.5 Å². The largest absolute Gasteiger partial charge is 0.508 e. The minimum absolute atomic E-state index is 0.0381. The van der Waals surface area contributed by atoms with E-state index in [4.69, 9.17) is 26.1 Å². The average Bonchev–Trinajstić information content (AvgIpc) is 3.55. The minimum atomic E-state index is -0.269. The van der Waals surface area contributed by atoms with Gasteiger partial charge in [-0.15, -0.1) is 0 Å². The lowest BCUT2D eigenvalue weighted by Gasteiger charge is -2.31. The van der Waals surface area contributed by atoms with E-state index in [9.17, 15) is 9.50 Å². The molecule has 1 N–H and O–H groups in total. The van der Waals surface area contributed by atoms with Crippen molar-refractivity contribution in [1.82, 2.24) is 14.5 Å². The maximum Gasteiger partial charge on any atom is 0.231 e. The van der Waals surface area contributed by atoms with Crippen molar-refractivity contribution in [3.63, 3.8) is 0 Å². The Morgan fingerprint density at radius 2 is 1.84 bits per heavy atom. The molecule has 0 radical (unpaired) electrons. The summed E-state index contributed by atoms with van der Waals surface area (Å²) in [6.07, 6.45) is 3.96. The second kappa shape index (κ2) is 11.5. The van der Waals surface area contributed by atoms with Gasteiger partial charge in [-0.3, -0.25) is 4.90 Å². The summed E-state index contributed by atoms with van der Waals surface area (Å²) in [5, 5.41) is 10.4. The quantitative estimate of drug-likeness (QED) is 0.230. The van der Waals surface area contributed by atoms with Gasteiger partial charge >= 0.3 is 0 Å². The fourth-order valence-corrected chi connectivity index (χ4v) is 5.01. The van der Waals surface area contributed by atoms with Crippen LogP contribution in [0, 0.1) is 5.82 Å². The molecule has 1 unspecified atom stereocenters. The van der Waals surface area contributed by atoms with Gasteiger partial charge in [0, 0.05) is 36.3 Å². The number of aromatic hydroxyl groups is 1. The van der Waals surface area contributed by atoms with Crippen LogP contribution < -0.4 is 9.47 Å². The lowest BCUT2D eigenvalue weighted by molar-refractivity contribution is 0.173. The van der Waals surface area contributed by atoms with Crippen LogP contribution in [0.5, 0.6) is 17.2 Å². The van der Waals surface area contributed by atoms with Crippen molar-refractivity contribution < 1.29 is 19.0 Å². The number of benzene rings is 3. The van der Waals surface area contributed by atoms with Crippen LogP contribution in [0.3, 0.4) is 0 Å². The summed E-state index contributed by atoms with van der Waals surface area (Å²) in [5.41, 5.74) is 3.93. The summed E-state index contributed by atoms with van der Waals surface area (Å²) in [7, 11) is 0. The van der Waals surface area contributed by atoms with Gasteiger partial charge in [-0.05, 0) is 73.0 Å². The molecule has 198 valence electrons. The standard InChI is InChI=1S/C30H31ClFN3O3/c1-3-4-13-35-27(16-33-30(35)22-6-9-24(32)10-7-22)20(2)34(18-23-8-11-25(36)15-26(23)31)17-21-5-12-28-29(14-21)38-19-37-28/h5-12,14-16,20,36H,3-4,13,17-19H2,1-2H3. The van der Waals surface area contributed by atoms with Crippen LogP contribution in [0.15, 0.2) is 66.9 Å². The Hall–Kier alpha value is -3.55. The van der Waals surface area contributed by atoms with E-state index in [2.05, 4.69) is 23.3 Å². The number of unbranched alkanes of at least 4 members (excludes halogenated alkanes) is 1. The van der Waals surface area contributed by atoms with Crippen molar-refractivity contribution >= 4 is 11.6 Å².